The van der Waals surface area contributed by atoms with Gasteiger partial charge < -0.3 is 16.0 Å². The van der Waals surface area contributed by atoms with Gasteiger partial charge in [-0.25, -0.2) is 0 Å². The summed E-state index contributed by atoms with van der Waals surface area (Å²) in [4.78, 5) is 25.6. The number of para-hydroxylation sites is 2. The van der Waals surface area contributed by atoms with Crippen LogP contribution in [0, 0.1) is 0 Å². The van der Waals surface area contributed by atoms with E-state index < -0.39 is 0 Å². The number of anilines is 4. The lowest BCUT2D eigenvalue weighted by molar-refractivity contribution is -0.115. The summed E-state index contributed by atoms with van der Waals surface area (Å²) in [5.41, 5.74) is 4.32. The number of hydrogen-bond donors (Lipinski definition) is 4. The summed E-state index contributed by atoms with van der Waals surface area (Å²) >= 11 is 5.35. The summed E-state index contributed by atoms with van der Waals surface area (Å²) in [5.74, 6) is -0.687. The Morgan fingerprint density at radius 2 is 1.27 bits per heavy atom. The molecule has 0 fully saturated rings. The lowest BCUT2D eigenvalue weighted by Gasteiger charge is -2.13. The summed E-state index contributed by atoms with van der Waals surface area (Å²) in [6, 6.07) is 38.1. The van der Waals surface area contributed by atoms with Crippen molar-refractivity contribution in [2.45, 2.75) is 0 Å². The number of carbonyl (C=O) groups is 2. The number of thiocarbonyl (C=S) groups is 1. The molecule has 196 valence electrons. The van der Waals surface area contributed by atoms with E-state index >= 15 is 0 Å². The van der Waals surface area contributed by atoms with Crippen LogP contribution in [0.5, 0.6) is 0 Å². The van der Waals surface area contributed by atoms with Crippen molar-refractivity contribution < 1.29 is 9.59 Å². The third kappa shape index (κ3) is 6.78. The van der Waals surface area contributed by atoms with Crippen LogP contribution < -0.4 is 21.3 Å². The van der Waals surface area contributed by atoms with Crippen molar-refractivity contribution >= 4 is 68.7 Å². The van der Waals surface area contributed by atoms with Crippen LogP contribution in [0.2, 0.25) is 0 Å². The molecule has 0 radical (unpaired) electrons. The van der Waals surface area contributed by atoms with Crippen LogP contribution in [0.25, 0.3) is 16.8 Å². The quantitative estimate of drug-likeness (QED) is 0.128. The van der Waals surface area contributed by atoms with Gasteiger partial charge in [0.15, 0.2) is 5.11 Å². The van der Waals surface area contributed by atoms with Gasteiger partial charge in [-0.3, -0.25) is 14.9 Å². The van der Waals surface area contributed by atoms with E-state index in [1.54, 1.807) is 30.3 Å². The lowest BCUT2D eigenvalue weighted by Crippen LogP contribution is -2.33. The Hall–Kier alpha value is -5.27. The highest BCUT2D eigenvalue weighted by atomic mass is 32.1. The first-order chi connectivity index (χ1) is 19.5. The van der Waals surface area contributed by atoms with E-state index in [1.807, 2.05) is 97.1 Å². The van der Waals surface area contributed by atoms with Gasteiger partial charge in [0.2, 0.25) is 5.91 Å². The molecule has 0 atom stereocenters. The van der Waals surface area contributed by atoms with Crippen molar-refractivity contribution in [3.05, 3.63) is 139 Å². The van der Waals surface area contributed by atoms with Crippen molar-refractivity contribution in [3.63, 3.8) is 0 Å². The fourth-order valence-electron chi connectivity index (χ4n) is 4.18. The number of benzene rings is 5. The molecule has 4 N–H and O–H groups in total. The van der Waals surface area contributed by atoms with Gasteiger partial charge in [0.1, 0.15) is 0 Å². The Labute approximate surface area is 237 Å². The molecule has 0 unspecified atom stereocenters. The Bertz CT molecular complexity index is 1690. The molecule has 40 heavy (non-hydrogen) atoms. The summed E-state index contributed by atoms with van der Waals surface area (Å²) in [6.45, 7) is 0. The second-order valence-electron chi connectivity index (χ2n) is 8.91. The Morgan fingerprint density at radius 1 is 0.625 bits per heavy atom. The van der Waals surface area contributed by atoms with E-state index in [4.69, 9.17) is 12.2 Å². The second kappa shape index (κ2) is 12.5. The Balaban J connectivity index is 1.19. The Kier molecular flexibility index (Phi) is 8.24. The molecule has 5 aromatic rings. The zero-order valence-corrected chi connectivity index (χ0v) is 22.2. The van der Waals surface area contributed by atoms with Crippen molar-refractivity contribution in [1.82, 2.24) is 5.32 Å². The molecule has 6 nitrogen and oxygen atoms in total. The number of fused-ring (bicyclic) bond motifs is 1. The summed E-state index contributed by atoms with van der Waals surface area (Å²) in [6.07, 6.45) is 3.19. The van der Waals surface area contributed by atoms with E-state index in [1.165, 1.54) is 6.08 Å². The summed E-state index contributed by atoms with van der Waals surface area (Å²) in [5, 5.41) is 14.1. The molecule has 0 saturated heterocycles. The van der Waals surface area contributed by atoms with E-state index in [2.05, 4.69) is 21.3 Å². The molecule has 0 aliphatic rings. The van der Waals surface area contributed by atoms with Gasteiger partial charge in [-0.2, -0.15) is 0 Å². The molecule has 2 amide bonds. The molecule has 0 aliphatic carbocycles. The van der Waals surface area contributed by atoms with Gasteiger partial charge in [-0.05, 0) is 83.2 Å². The fraction of sp³-hybridized carbons (Fsp3) is 0. The van der Waals surface area contributed by atoms with Gasteiger partial charge in [-0.1, -0.05) is 72.8 Å². The van der Waals surface area contributed by atoms with Crippen LogP contribution in [-0.2, 0) is 4.79 Å². The highest BCUT2D eigenvalue weighted by Crippen LogP contribution is 2.22. The molecular formula is C33H26N4O2S. The first-order valence-corrected chi connectivity index (χ1v) is 13.1. The monoisotopic (exact) mass is 542 g/mol. The van der Waals surface area contributed by atoms with Crippen molar-refractivity contribution in [1.29, 1.82) is 0 Å². The number of nitrogens with one attached hydrogen (secondary N) is 4. The van der Waals surface area contributed by atoms with Crippen LogP contribution in [0.1, 0.15) is 15.9 Å². The van der Waals surface area contributed by atoms with Gasteiger partial charge in [0, 0.05) is 23.1 Å². The van der Waals surface area contributed by atoms with Crippen molar-refractivity contribution in [3.8, 4) is 0 Å². The van der Waals surface area contributed by atoms with Crippen molar-refractivity contribution in [2.75, 3.05) is 16.0 Å². The van der Waals surface area contributed by atoms with Crippen LogP contribution in [0.4, 0.5) is 22.7 Å². The summed E-state index contributed by atoms with van der Waals surface area (Å²) in [7, 11) is 0. The van der Waals surface area contributed by atoms with E-state index in [-0.39, 0.29) is 16.9 Å². The highest BCUT2D eigenvalue weighted by Gasteiger charge is 2.13. The first-order valence-electron chi connectivity index (χ1n) is 12.7. The largest absolute Gasteiger partial charge is 0.356 e. The van der Waals surface area contributed by atoms with E-state index in [0.29, 0.717) is 16.9 Å². The first kappa shape index (κ1) is 26.3. The van der Waals surface area contributed by atoms with Gasteiger partial charge in [0.05, 0.1) is 11.3 Å². The lowest BCUT2D eigenvalue weighted by atomic mass is 10.0. The smallest absolute Gasteiger partial charge is 0.257 e. The van der Waals surface area contributed by atoms with Crippen LogP contribution >= 0.6 is 12.2 Å². The minimum Gasteiger partial charge on any atom is -0.356 e. The third-order valence-corrected chi connectivity index (χ3v) is 6.30. The molecule has 0 bridgehead atoms. The maximum absolute atomic E-state index is 13.1. The van der Waals surface area contributed by atoms with E-state index in [0.717, 1.165) is 27.7 Å². The van der Waals surface area contributed by atoms with Gasteiger partial charge in [0.25, 0.3) is 5.91 Å². The topological polar surface area (TPSA) is 82.3 Å². The molecule has 0 aliphatic heterocycles. The number of carbonyl (C=O) groups excluding carboxylic acids is 2. The average Bonchev–Trinajstić information content (AvgIpc) is 2.98. The summed E-state index contributed by atoms with van der Waals surface area (Å²) < 4.78 is 0. The number of hydrogen-bond acceptors (Lipinski definition) is 4. The molecule has 5 aromatic carbocycles. The Morgan fingerprint density at radius 3 is 2.10 bits per heavy atom. The van der Waals surface area contributed by atoms with Crippen LogP contribution in [0.3, 0.4) is 0 Å². The molecule has 0 heterocycles. The molecule has 0 spiro atoms. The molecular weight excluding hydrogens is 516 g/mol. The SMILES string of the molecule is O=C(C=Cc1cccc2ccccc12)NC(=S)Nc1ccccc1C(=O)Nc1ccc(Nc2ccccc2)cc1. The predicted molar refractivity (Wildman–Crippen MR) is 168 cm³/mol. The highest BCUT2D eigenvalue weighted by molar-refractivity contribution is 7.80. The molecule has 5 rings (SSSR count). The average molecular weight is 543 g/mol. The third-order valence-electron chi connectivity index (χ3n) is 6.10. The maximum Gasteiger partial charge on any atom is 0.257 e. The standard InChI is InChI=1S/C33H26N4O2S/c38-31(22-17-24-11-8-10-23-9-4-5-14-28(23)24)37-33(40)36-30-16-7-6-15-29(30)32(39)35-27-20-18-26(19-21-27)34-25-12-2-1-3-13-25/h1-22,34H,(H,35,39)(H2,36,37,38,40). The molecule has 0 aromatic heterocycles. The number of amides is 2. The van der Waals surface area contributed by atoms with Crippen LogP contribution in [0.15, 0.2) is 127 Å². The fourth-order valence-corrected chi connectivity index (χ4v) is 4.39. The second-order valence-corrected chi connectivity index (χ2v) is 9.32. The predicted octanol–water partition coefficient (Wildman–Crippen LogP) is 7.36. The zero-order valence-electron chi connectivity index (χ0n) is 21.4. The normalized spacial score (nSPS) is 10.7. The van der Waals surface area contributed by atoms with Crippen LogP contribution in [-0.4, -0.2) is 16.9 Å². The molecule has 0 saturated carbocycles. The molecule has 7 heteroatoms. The number of rotatable bonds is 7. The minimum atomic E-state index is -0.378. The minimum absolute atomic E-state index is 0.0872. The van der Waals surface area contributed by atoms with Gasteiger partial charge >= 0.3 is 0 Å². The zero-order chi connectivity index (χ0) is 27.7. The van der Waals surface area contributed by atoms with Crippen molar-refractivity contribution in [2.24, 2.45) is 0 Å². The van der Waals surface area contributed by atoms with Gasteiger partial charge in [-0.15, -0.1) is 0 Å². The van der Waals surface area contributed by atoms with E-state index in [9.17, 15) is 9.59 Å². The maximum atomic E-state index is 13.1.